The maximum atomic E-state index is 14.2. The van der Waals surface area contributed by atoms with Gasteiger partial charge in [-0.05, 0) is 25.1 Å². The molecule has 0 aliphatic carbocycles. The maximum Gasteiger partial charge on any atom is 0.325 e. The Bertz CT molecular complexity index is 1230. The van der Waals surface area contributed by atoms with Crippen molar-refractivity contribution in [2.24, 2.45) is 0 Å². The number of amides is 3. The smallest absolute Gasteiger partial charge is 0.325 e. The molecule has 12 heteroatoms. The lowest BCUT2D eigenvalue weighted by molar-refractivity contribution is -0.384. The zero-order chi connectivity index (χ0) is 22.3. The molecule has 31 heavy (non-hydrogen) atoms. The van der Waals surface area contributed by atoms with Crippen LogP contribution in [-0.4, -0.2) is 31.9 Å². The Hall–Kier alpha value is -4.22. The van der Waals surface area contributed by atoms with Crippen LogP contribution in [0.25, 0.3) is 11.4 Å². The Kier molecular flexibility index (Phi) is 4.68. The summed E-state index contributed by atoms with van der Waals surface area (Å²) in [4.78, 5) is 40.4. The molecule has 0 spiro atoms. The zero-order valence-corrected chi connectivity index (χ0v) is 15.8. The van der Waals surface area contributed by atoms with E-state index in [1.165, 1.54) is 31.2 Å². The van der Waals surface area contributed by atoms with Gasteiger partial charge in [0.25, 0.3) is 11.6 Å². The summed E-state index contributed by atoms with van der Waals surface area (Å²) >= 11 is 0. The number of imide groups is 1. The topological polar surface area (TPSA) is 131 Å². The van der Waals surface area contributed by atoms with Crippen LogP contribution < -0.4 is 5.32 Å². The molecule has 1 unspecified atom stereocenters. The van der Waals surface area contributed by atoms with Crippen molar-refractivity contribution in [3.8, 4) is 11.4 Å². The van der Waals surface area contributed by atoms with Crippen LogP contribution >= 0.6 is 0 Å². The van der Waals surface area contributed by atoms with Crippen molar-refractivity contribution in [3.63, 3.8) is 0 Å². The summed E-state index contributed by atoms with van der Waals surface area (Å²) in [6.07, 6.45) is 0. The van der Waals surface area contributed by atoms with Gasteiger partial charge in [-0.1, -0.05) is 17.3 Å². The highest BCUT2D eigenvalue weighted by atomic mass is 19.1. The Morgan fingerprint density at radius 2 is 2.00 bits per heavy atom. The van der Waals surface area contributed by atoms with E-state index < -0.39 is 40.6 Å². The van der Waals surface area contributed by atoms with Gasteiger partial charge < -0.3 is 9.84 Å². The number of carbonyl (C=O) groups excluding carboxylic acids is 2. The van der Waals surface area contributed by atoms with Gasteiger partial charge in [0, 0.05) is 23.3 Å². The van der Waals surface area contributed by atoms with Gasteiger partial charge in [0.15, 0.2) is 0 Å². The van der Waals surface area contributed by atoms with Crippen LogP contribution in [0.2, 0.25) is 0 Å². The number of benzene rings is 2. The van der Waals surface area contributed by atoms with Crippen LogP contribution in [0.1, 0.15) is 18.4 Å². The molecule has 1 aliphatic rings. The summed E-state index contributed by atoms with van der Waals surface area (Å²) in [5.74, 6) is -2.57. The average molecular weight is 429 g/mol. The molecule has 1 atom stereocenters. The van der Waals surface area contributed by atoms with E-state index in [0.29, 0.717) is 5.56 Å². The number of halogens is 2. The summed E-state index contributed by atoms with van der Waals surface area (Å²) in [6.45, 7) is 0.826. The van der Waals surface area contributed by atoms with Gasteiger partial charge in [0.2, 0.25) is 11.7 Å². The van der Waals surface area contributed by atoms with Gasteiger partial charge in [0.05, 0.1) is 4.92 Å². The van der Waals surface area contributed by atoms with Gasteiger partial charge in [0.1, 0.15) is 23.7 Å². The third-order valence-electron chi connectivity index (χ3n) is 4.82. The minimum atomic E-state index is -1.83. The van der Waals surface area contributed by atoms with Gasteiger partial charge in [-0.15, -0.1) is 0 Å². The molecule has 158 valence electrons. The quantitative estimate of drug-likeness (QED) is 0.375. The lowest BCUT2D eigenvalue weighted by Gasteiger charge is -2.22. The first kappa shape index (κ1) is 20.1. The molecule has 0 saturated carbocycles. The fourth-order valence-electron chi connectivity index (χ4n) is 3.23. The number of aromatic nitrogens is 2. The molecule has 0 bridgehead atoms. The second kappa shape index (κ2) is 7.23. The number of hydrogen-bond donors (Lipinski definition) is 1. The molecule has 2 aromatic carbocycles. The van der Waals surface area contributed by atoms with Crippen molar-refractivity contribution >= 4 is 17.6 Å². The second-order valence-corrected chi connectivity index (χ2v) is 6.89. The Morgan fingerprint density at radius 1 is 1.23 bits per heavy atom. The Morgan fingerprint density at radius 3 is 2.74 bits per heavy atom. The molecular weight excluding hydrogens is 416 g/mol. The van der Waals surface area contributed by atoms with E-state index in [0.717, 1.165) is 23.1 Å². The van der Waals surface area contributed by atoms with Crippen LogP contribution in [0.15, 0.2) is 47.0 Å². The van der Waals surface area contributed by atoms with Crippen molar-refractivity contribution in [2.75, 3.05) is 0 Å². The summed E-state index contributed by atoms with van der Waals surface area (Å²) in [5.41, 5.74) is -2.03. The van der Waals surface area contributed by atoms with Crippen LogP contribution in [0, 0.1) is 21.7 Å². The molecule has 10 nitrogen and oxygen atoms in total. The third-order valence-corrected chi connectivity index (χ3v) is 4.82. The summed E-state index contributed by atoms with van der Waals surface area (Å²) in [6, 6.07) is 7.25. The average Bonchev–Trinajstić information content (AvgIpc) is 3.29. The first-order valence-electron chi connectivity index (χ1n) is 8.86. The van der Waals surface area contributed by atoms with Crippen LogP contribution in [0.5, 0.6) is 0 Å². The molecule has 1 aromatic heterocycles. The van der Waals surface area contributed by atoms with E-state index in [2.05, 4.69) is 15.5 Å². The Balaban J connectivity index is 1.59. The van der Waals surface area contributed by atoms with E-state index in [1.807, 2.05) is 0 Å². The minimum Gasteiger partial charge on any atom is -0.337 e. The van der Waals surface area contributed by atoms with Crippen molar-refractivity contribution in [2.45, 2.75) is 19.0 Å². The molecule has 1 saturated heterocycles. The van der Waals surface area contributed by atoms with E-state index in [4.69, 9.17) is 4.52 Å². The van der Waals surface area contributed by atoms with E-state index in [9.17, 15) is 28.5 Å². The molecule has 0 radical (unpaired) electrons. The molecule has 1 aliphatic heterocycles. The number of nitrogens with one attached hydrogen (secondary N) is 1. The van der Waals surface area contributed by atoms with Crippen molar-refractivity contribution < 1.29 is 27.8 Å². The number of nitrogens with zero attached hydrogens (tertiary/aromatic N) is 4. The number of non-ortho nitro benzene ring substituents is 1. The van der Waals surface area contributed by atoms with Crippen molar-refractivity contribution in [1.29, 1.82) is 0 Å². The fraction of sp³-hybridized carbons (Fsp3) is 0.158. The molecular formula is C19H13F2N5O5. The van der Waals surface area contributed by atoms with Gasteiger partial charge in [-0.2, -0.15) is 4.98 Å². The van der Waals surface area contributed by atoms with Gasteiger partial charge in [-0.25, -0.2) is 13.6 Å². The van der Waals surface area contributed by atoms with Crippen LogP contribution in [0.3, 0.4) is 0 Å². The molecule has 3 amide bonds. The number of rotatable bonds is 5. The standard InChI is InChI=1S/C19H13F2N5O5/c1-19(13-8-11(20)5-6-14(13)21)17(27)25(18(28)23-19)9-15-22-16(24-31-15)10-3-2-4-12(7-10)26(29)30/h2-8H,9H2,1H3,(H,23,28). The minimum absolute atomic E-state index is 0.0182. The highest BCUT2D eigenvalue weighted by Crippen LogP contribution is 2.32. The molecule has 1 fully saturated rings. The first-order chi connectivity index (χ1) is 14.7. The molecule has 1 N–H and O–H groups in total. The summed E-state index contributed by atoms with van der Waals surface area (Å²) < 4.78 is 32.9. The summed E-state index contributed by atoms with van der Waals surface area (Å²) in [7, 11) is 0. The second-order valence-electron chi connectivity index (χ2n) is 6.89. The SMILES string of the molecule is CC1(c2cc(F)ccc2F)NC(=O)N(Cc2nc(-c3cccc([N+](=O)[O-])c3)no2)C1=O. The van der Waals surface area contributed by atoms with E-state index >= 15 is 0 Å². The van der Waals surface area contributed by atoms with E-state index in [-0.39, 0.29) is 23.0 Å². The lowest BCUT2D eigenvalue weighted by Crippen LogP contribution is -2.41. The number of carbonyl (C=O) groups is 2. The first-order valence-corrected chi connectivity index (χ1v) is 8.86. The normalized spacial score (nSPS) is 18.4. The van der Waals surface area contributed by atoms with Crippen molar-refractivity contribution in [3.05, 3.63) is 75.7 Å². The van der Waals surface area contributed by atoms with Crippen molar-refractivity contribution in [1.82, 2.24) is 20.4 Å². The van der Waals surface area contributed by atoms with Gasteiger partial charge in [-0.3, -0.25) is 19.8 Å². The predicted molar refractivity (Wildman–Crippen MR) is 99.2 cm³/mol. The molecule has 3 aromatic rings. The zero-order valence-electron chi connectivity index (χ0n) is 15.8. The highest BCUT2D eigenvalue weighted by molar-refractivity contribution is 6.07. The number of nitro benzene ring substituents is 1. The van der Waals surface area contributed by atoms with E-state index in [1.54, 1.807) is 0 Å². The maximum absolute atomic E-state index is 14.2. The third kappa shape index (κ3) is 3.47. The van der Waals surface area contributed by atoms with Crippen LogP contribution in [-0.2, 0) is 16.9 Å². The Labute approximate surface area is 172 Å². The number of hydrogen-bond acceptors (Lipinski definition) is 7. The van der Waals surface area contributed by atoms with Gasteiger partial charge >= 0.3 is 6.03 Å². The summed E-state index contributed by atoms with van der Waals surface area (Å²) in [5, 5.41) is 17.0. The lowest BCUT2D eigenvalue weighted by atomic mass is 9.91. The highest BCUT2D eigenvalue weighted by Gasteiger charge is 2.50. The number of nitro groups is 1. The molecule has 4 rings (SSSR count). The van der Waals surface area contributed by atoms with Crippen LogP contribution in [0.4, 0.5) is 19.3 Å². The fourth-order valence-corrected chi connectivity index (χ4v) is 3.23. The molecule has 2 heterocycles. The number of urea groups is 1. The monoisotopic (exact) mass is 429 g/mol. The predicted octanol–water partition coefficient (Wildman–Crippen LogP) is 2.89. The largest absolute Gasteiger partial charge is 0.337 e.